The number of likely N-dealkylation sites (tertiary alicyclic amines) is 1. The topological polar surface area (TPSA) is 49.8 Å². The molecule has 0 atom stereocenters. The normalized spacial score (nSPS) is 21.9. The first-order chi connectivity index (χ1) is 6.93. The maximum Gasteiger partial charge on any atom is 0.306 e. The quantitative estimate of drug-likeness (QED) is 0.769. The van der Waals surface area contributed by atoms with Crippen molar-refractivity contribution in [1.29, 1.82) is 0 Å². The summed E-state index contributed by atoms with van der Waals surface area (Å²) in [6.45, 7) is 5.75. The molecule has 1 N–H and O–H groups in total. The first-order valence-electron chi connectivity index (χ1n) is 5.52. The van der Waals surface area contributed by atoms with Gasteiger partial charge in [0, 0.05) is 13.1 Å². The van der Waals surface area contributed by atoms with Crippen LogP contribution in [0.4, 0.5) is 0 Å². The first-order valence-corrected chi connectivity index (χ1v) is 5.52. The second-order valence-electron chi connectivity index (χ2n) is 4.72. The number of rotatable bonds is 4. The zero-order chi connectivity index (χ0) is 11.5. The smallest absolute Gasteiger partial charge is 0.306 e. The molecule has 1 rings (SSSR count). The molecular formula is C11H21NO3. The summed E-state index contributed by atoms with van der Waals surface area (Å²) in [4.78, 5) is 13.1. The first kappa shape index (κ1) is 12.5. The highest BCUT2D eigenvalue weighted by atomic mass is 16.5. The van der Waals surface area contributed by atoms with Gasteiger partial charge in [0.05, 0.1) is 18.1 Å². The van der Waals surface area contributed by atoms with Crippen molar-refractivity contribution in [2.75, 3.05) is 20.1 Å². The van der Waals surface area contributed by atoms with Crippen LogP contribution >= 0.6 is 0 Å². The highest BCUT2D eigenvalue weighted by molar-refractivity contribution is 5.68. The van der Waals surface area contributed by atoms with Gasteiger partial charge in [0.25, 0.3) is 0 Å². The number of carboxylic acids is 1. The van der Waals surface area contributed by atoms with Gasteiger partial charge in [0.15, 0.2) is 0 Å². The molecule has 1 saturated heterocycles. The average Bonchev–Trinajstić information content (AvgIpc) is 2.08. The van der Waals surface area contributed by atoms with Crippen molar-refractivity contribution in [1.82, 2.24) is 4.90 Å². The Kier molecular flexibility index (Phi) is 4.11. The molecule has 0 aromatic carbocycles. The Hall–Kier alpha value is -0.610. The lowest BCUT2D eigenvalue weighted by Crippen LogP contribution is -2.47. The second-order valence-corrected chi connectivity index (χ2v) is 4.72. The summed E-state index contributed by atoms with van der Waals surface area (Å²) >= 11 is 0. The van der Waals surface area contributed by atoms with Crippen LogP contribution in [-0.4, -0.2) is 47.8 Å². The minimum absolute atomic E-state index is 0.0905. The minimum Gasteiger partial charge on any atom is -0.481 e. The van der Waals surface area contributed by atoms with Crippen LogP contribution in [0.25, 0.3) is 0 Å². The zero-order valence-electron chi connectivity index (χ0n) is 9.82. The van der Waals surface area contributed by atoms with Crippen LogP contribution in [0, 0.1) is 0 Å². The molecule has 0 aliphatic carbocycles. The molecule has 4 heteroatoms. The Morgan fingerprint density at radius 1 is 1.47 bits per heavy atom. The van der Waals surface area contributed by atoms with E-state index in [1.54, 1.807) is 0 Å². The van der Waals surface area contributed by atoms with Crippen molar-refractivity contribution < 1.29 is 14.6 Å². The highest BCUT2D eigenvalue weighted by Crippen LogP contribution is 2.30. The standard InChI is InChI=1S/C11H21NO3/c1-9(2)15-11(8-10(13)14)4-6-12(3)7-5-11/h9H,4-8H2,1-3H3,(H,13,14). The number of nitrogens with zero attached hydrogens (tertiary/aromatic N) is 1. The van der Waals surface area contributed by atoms with E-state index >= 15 is 0 Å². The largest absolute Gasteiger partial charge is 0.481 e. The fourth-order valence-corrected chi connectivity index (χ4v) is 2.14. The predicted octanol–water partition coefficient (Wildman–Crippen LogP) is 1.35. The monoisotopic (exact) mass is 215 g/mol. The molecule has 1 heterocycles. The number of carbonyl (C=O) groups is 1. The summed E-state index contributed by atoms with van der Waals surface area (Å²) in [6, 6.07) is 0. The van der Waals surface area contributed by atoms with Crippen LogP contribution in [0.5, 0.6) is 0 Å². The Bertz CT molecular complexity index is 220. The molecule has 0 saturated carbocycles. The summed E-state index contributed by atoms with van der Waals surface area (Å²) in [5.74, 6) is -0.764. The molecule has 0 spiro atoms. The van der Waals surface area contributed by atoms with Gasteiger partial charge in [-0.1, -0.05) is 0 Å². The highest BCUT2D eigenvalue weighted by Gasteiger charge is 2.37. The van der Waals surface area contributed by atoms with Crippen molar-refractivity contribution in [3.05, 3.63) is 0 Å². The summed E-state index contributed by atoms with van der Waals surface area (Å²) in [5.41, 5.74) is -0.438. The number of piperidine rings is 1. The van der Waals surface area contributed by atoms with Crippen LogP contribution in [0.3, 0.4) is 0 Å². The fourth-order valence-electron chi connectivity index (χ4n) is 2.14. The third kappa shape index (κ3) is 3.80. The van der Waals surface area contributed by atoms with Crippen molar-refractivity contribution in [2.45, 2.75) is 44.8 Å². The molecule has 0 unspecified atom stereocenters. The molecule has 1 fully saturated rings. The molecule has 0 amide bonds. The number of carboxylic acid groups (broad SMARTS) is 1. The van der Waals surface area contributed by atoms with Gasteiger partial charge in [-0.05, 0) is 33.7 Å². The minimum atomic E-state index is -0.764. The number of aliphatic carboxylic acids is 1. The maximum absolute atomic E-state index is 10.8. The SMILES string of the molecule is CC(C)OC1(CC(=O)O)CCN(C)CC1. The van der Waals surface area contributed by atoms with E-state index in [-0.39, 0.29) is 12.5 Å². The van der Waals surface area contributed by atoms with E-state index in [9.17, 15) is 4.79 Å². The van der Waals surface area contributed by atoms with Gasteiger partial charge in [-0.25, -0.2) is 0 Å². The molecule has 0 aromatic rings. The van der Waals surface area contributed by atoms with Crippen molar-refractivity contribution in [3.8, 4) is 0 Å². The van der Waals surface area contributed by atoms with Gasteiger partial charge in [-0.2, -0.15) is 0 Å². The lowest BCUT2D eigenvalue weighted by Gasteiger charge is -2.40. The molecule has 1 aliphatic rings. The van der Waals surface area contributed by atoms with Crippen LogP contribution in [0.1, 0.15) is 33.1 Å². The zero-order valence-corrected chi connectivity index (χ0v) is 9.82. The number of hydrogen-bond acceptors (Lipinski definition) is 3. The lowest BCUT2D eigenvalue weighted by molar-refractivity contribution is -0.155. The number of ether oxygens (including phenoxy) is 1. The van der Waals surface area contributed by atoms with Gasteiger partial charge in [-0.15, -0.1) is 0 Å². The second kappa shape index (κ2) is 4.94. The molecule has 4 nitrogen and oxygen atoms in total. The van der Waals surface area contributed by atoms with Gasteiger partial charge < -0.3 is 14.7 Å². The van der Waals surface area contributed by atoms with Gasteiger partial charge in [-0.3, -0.25) is 4.79 Å². The van der Waals surface area contributed by atoms with E-state index in [4.69, 9.17) is 9.84 Å². The average molecular weight is 215 g/mol. The Balaban J connectivity index is 2.64. The van der Waals surface area contributed by atoms with E-state index in [1.165, 1.54) is 0 Å². The fraction of sp³-hybridized carbons (Fsp3) is 0.909. The van der Waals surface area contributed by atoms with E-state index < -0.39 is 11.6 Å². The van der Waals surface area contributed by atoms with Gasteiger partial charge in [0.2, 0.25) is 0 Å². The van der Waals surface area contributed by atoms with Crippen LogP contribution in [-0.2, 0) is 9.53 Å². The van der Waals surface area contributed by atoms with E-state index in [2.05, 4.69) is 11.9 Å². The third-order valence-electron chi connectivity index (χ3n) is 2.86. The predicted molar refractivity (Wildman–Crippen MR) is 57.9 cm³/mol. The van der Waals surface area contributed by atoms with Crippen LogP contribution < -0.4 is 0 Å². The maximum atomic E-state index is 10.8. The molecule has 15 heavy (non-hydrogen) atoms. The summed E-state index contributed by atoms with van der Waals surface area (Å²) < 4.78 is 5.83. The summed E-state index contributed by atoms with van der Waals surface area (Å²) in [6.07, 6.45) is 1.84. The van der Waals surface area contributed by atoms with Crippen molar-refractivity contribution >= 4 is 5.97 Å². The third-order valence-corrected chi connectivity index (χ3v) is 2.86. The summed E-state index contributed by atoms with van der Waals surface area (Å²) in [5, 5.41) is 8.92. The van der Waals surface area contributed by atoms with Crippen molar-refractivity contribution in [2.24, 2.45) is 0 Å². The Morgan fingerprint density at radius 2 is 2.00 bits per heavy atom. The van der Waals surface area contributed by atoms with E-state index in [0.717, 1.165) is 25.9 Å². The van der Waals surface area contributed by atoms with Crippen LogP contribution in [0.2, 0.25) is 0 Å². The summed E-state index contributed by atoms with van der Waals surface area (Å²) in [7, 11) is 2.06. The van der Waals surface area contributed by atoms with Gasteiger partial charge in [0.1, 0.15) is 0 Å². The van der Waals surface area contributed by atoms with Gasteiger partial charge >= 0.3 is 5.97 Å². The molecule has 88 valence electrons. The molecule has 1 aliphatic heterocycles. The molecule has 0 radical (unpaired) electrons. The van der Waals surface area contributed by atoms with Crippen LogP contribution in [0.15, 0.2) is 0 Å². The molecular weight excluding hydrogens is 194 g/mol. The van der Waals surface area contributed by atoms with E-state index in [1.807, 2.05) is 13.8 Å². The lowest BCUT2D eigenvalue weighted by atomic mass is 9.88. The molecule has 0 bridgehead atoms. The molecule has 0 aromatic heterocycles. The van der Waals surface area contributed by atoms with E-state index in [0.29, 0.717) is 0 Å². The Labute approximate surface area is 91.2 Å². The van der Waals surface area contributed by atoms with Crippen molar-refractivity contribution in [3.63, 3.8) is 0 Å². The number of hydrogen-bond donors (Lipinski definition) is 1. The Morgan fingerprint density at radius 3 is 2.40 bits per heavy atom.